The second-order valence-corrected chi connectivity index (χ2v) is 5.54. The van der Waals surface area contributed by atoms with E-state index in [2.05, 4.69) is 10.4 Å². The normalized spacial score (nSPS) is 12.1. The fourth-order valence-electron chi connectivity index (χ4n) is 2.41. The van der Waals surface area contributed by atoms with Gasteiger partial charge >= 0.3 is 0 Å². The summed E-state index contributed by atoms with van der Waals surface area (Å²) in [5.74, 6) is 1.54. The first-order chi connectivity index (χ1) is 11.1. The van der Waals surface area contributed by atoms with Gasteiger partial charge in [0.05, 0.1) is 24.3 Å². The highest BCUT2D eigenvalue weighted by atomic mass is 16.3. The van der Waals surface area contributed by atoms with Crippen molar-refractivity contribution in [2.24, 2.45) is 0 Å². The molecular weight excluding hydrogens is 290 g/mol. The Hall–Kier alpha value is -2.82. The van der Waals surface area contributed by atoms with E-state index in [0.717, 1.165) is 22.8 Å². The molecule has 0 saturated heterocycles. The van der Waals surface area contributed by atoms with Crippen LogP contribution in [0.3, 0.4) is 0 Å². The van der Waals surface area contributed by atoms with Crippen molar-refractivity contribution in [3.05, 3.63) is 71.9 Å². The van der Waals surface area contributed by atoms with Gasteiger partial charge in [-0.3, -0.25) is 4.79 Å². The molecule has 0 bridgehead atoms. The average molecular weight is 309 g/mol. The van der Waals surface area contributed by atoms with Crippen molar-refractivity contribution < 1.29 is 9.21 Å². The van der Waals surface area contributed by atoms with Crippen LogP contribution < -0.4 is 5.32 Å². The fourth-order valence-corrected chi connectivity index (χ4v) is 2.41. The van der Waals surface area contributed by atoms with Crippen LogP contribution >= 0.6 is 0 Å². The molecule has 0 saturated carbocycles. The smallest absolute Gasteiger partial charge is 0.225 e. The molecule has 1 aromatic carbocycles. The first-order valence-electron chi connectivity index (χ1n) is 7.56. The molecule has 1 unspecified atom stereocenters. The van der Waals surface area contributed by atoms with Crippen LogP contribution in [0.4, 0.5) is 0 Å². The molecule has 0 fully saturated rings. The van der Waals surface area contributed by atoms with Crippen LogP contribution in [-0.4, -0.2) is 15.7 Å². The Morgan fingerprint density at radius 2 is 2.04 bits per heavy atom. The number of carbonyl (C=O) groups is 1. The van der Waals surface area contributed by atoms with Crippen molar-refractivity contribution in [2.75, 3.05) is 0 Å². The second-order valence-electron chi connectivity index (χ2n) is 5.54. The van der Waals surface area contributed by atoms with Crippen LogP contribution in [0.1, 0.15) is 30.0 Å². The Kier molecular flexibility index (Phi) is 4.28. The van der Waals surface area contributed by atoms with Crippen LogP contribution in [0.2, 0.25) is 0 Å². The van der Waals surface area contributed by atoms with Gasteiger partial charge < -0.3 is 9.73 Å². The van der Waals surface area contributed by atoms with Crippen molar-refractivity contribution in [3.63, 3.8) is 0 Å². The lowest BCUT2D eigenvalue weighted by Crippen LogP contribution is -2.27. The lowest BCUT2D eigenvalue weighted by Gasteiger charge is -2.10. The standard InChI is InChI=1S/C18H19N3O2/c1-13-8-9-17(23-13)14(2)20-18(22)10-15-11-19-21(12-15)16-6-4-3-5-7-16/h3-9,11-12,14H,10H2,1-2H3,(H,20,22). The molecule has 1 N–H and O–H groups in total. The molecule has 0 aliphatic heterocycles. The highest BCUT2D eigenvalue weighted by molar-refractivity contribution is 5.78. The number of hydrogen-bond donors (Lipinski definition) is 1. The zero-order chi connectivity index (χ0) is 16.2. The first-order valence-corrected chi connectivity index (χ1v) is 7.56. The molecule has 5 nitrogen and oxygen atoms in total. The molecule has 1 atom stereocenters. The van der Waals surface area contributed by atoms with E-state index in [1.54, 1.807) is 10.9 Å². The number of amides is 1. The van der Waals surface area contributed by atoms with E-state index in [1.165, 1.54) is 0 Å². The summed E-state index contributed by atoms with van der Waals surface area (Å²) >= 11 is 0. The first kappa shape index (κ1) is 15.1. The van der Waals surface area contributed by atoms with Gasteiger partial charge in [-0.05, 0) is 43.7 Å². The molecule has 0 aliphatic carbocycles. The van der Waals surface area contributed by atoms with E-state index in [4.69, 9.17) is 4.42 Å². The van der Waals surface area contributed by atoms with Gasteiger partial charge in [0.15, 0.2) is 0 Å². The number of furan rings is 1. The van der Waals surface area contributed by atoms with E-state index in [-0.39, 0.29) is 18.4 Å². The van der Waals surface area contributed by atoms with Crippen LogP contribution in [-0.2, 0) is 11.2 Å². The van der Waals surface area contributed by atoms with Crippen LogP contribution in [0.25, 0.3) is 5.69 Å². The van der Waals surface area contributed by atoms with E-state index in [9.17, 15) is 4.79 Å². The number of rotatable bonds is 5. The molecule has 118 valence electrons. The Balaban J connectivity index is 1.61. The minimum absolute atomic E-state index is 0.0563. The number of benzene rings is 1. The second kappa shape index (κ2) is 6.52. The summed E-state index contributed by atoms with van der Waals surface area (Å²) in [7, 11) is 0. The number of nitrogens with zero attached hydrogens (tertiary/aromatic N) is 2. The number of hydrogen-bond acceptors (Lipinski definition) is 3. The molecule has 0 spiro atoms. The van der Waals surface area contributed by atoms with Gasteiger partial charge in [-0.25, -0.2) is 4.68 Å². The van der Waals surface area contributed by atoms with E-state index < -0.39 is 0 Å². The third kappa shape index (κ3) is 3.69. The third-order valence-electron chi connectivity index (χ3n) is 3.59. The quantitative estimate of drug-likeness (QED) is 0.787. The molecule has 0 radical (unpaired) electrons. The third-order valence-corrected chi connectivity index (χ3v) is 3.59. The maximum Gasteiger partial charge on any atom is 0.225 e. The molecule has 2 aromatic heterocycles. The maximum absolute atomic E-state index is 12.2. The van der Waals surface area contributed by atoms with E-state index in [1.807, 2.05) is 62.5 Å². The van der Waals surface area contributed by atoms with E-state index in [0.29, 0.717) is 0 Å². The summed E-state index contributed by atoms with van der Waals surface area (Å²) in [5, 5.41) is 7.24. The zero-order valence-electron chi connectivity index (χ0n) is 13.2. The summed E-state index contributed by atoms with van der Waals surface area (Å²) in [6.07, 6.45) is 3.88. The molecule has 0 aliphatic rings. The molecule has 3 rings (SSSR count). The van der Waals surface area contributed by atoms with Gasteiger partial charge in [0.1, 0.15) is 11.5 Å². The highest BCUT2D eigenvalue weighted by Crippen LogP contribution is 2.16. The van der Waals surface area contributed by atoms with E-state index >= 15 is 0 Å². The maximum atomic E-state index is 12.2. The molecular formula is C18H19N3O2. The van der Waals surface area contributed by atoms with Crippen LogP contribution in [0, 0.1) is 6.92 Å². The van der Waals surface area contributed by atoms with Gasteiger partial charge in [0.2, 0.25) is 5.91 Å². The number of aryl methyl sites for hydroxylation is 1. The van der Waals surface area contributed by atoms with Crippen LogP contribution in [0.5, 0.6) is 0 Å². The number of aromatic nitrogens is 2. The summed E-state index contributed by atoms with van der Waals surface area (Å²) < 4.78 is 7.29. The van der Waals surface area contributed by atoms with Crippen LogP contribution in [0.15, 0.2) is 59.3 Å². The lowest BCUT2D eigenvalue weighted by atomic mass is 10.2. The molecule has 5 heteroatoms. The predicted octanol–water partition coefficient (Wildman–Crippen LogP) is 3.19. The van der Waals surface area contributed by atoms with Crippen molar-refractivity contribution in [1.29, 1.82) is 0 Å². The summed E-state index contributed by atoms with van der Waals surface area (Å²) in [5.41, 5.74) is 1.84. The summed E-state index contributed by atoms with van der Waals surface area (Å²) in [6, 6.07) is 13.4. The van der Waals surface area contributed by atoms with Gasteiger partial charge in [0, 0.05) is 6.20 Å². The monoisotopic (exact) mass is 309 g/mol. The Labute approximate surface area is 134 Å². The number of nitrogens with one attached hydrogen (secondary N) is 1. The summed E-state index contributed by atoms with van der Waals surface area (Å²) in [4.78, 5) is 12.2. The largest absolute Gasteiger partial charge is 0.464 e. The predicted molar refractivity (Wildman–Crippen MR) is 87.3 cm³/mol. The highest BCUT2D eigenvalue weighted by Gasteiger charge is 2.14. The Morgan fingerprint density at radius 1 is 1.26 bits per heavy atom. The molecule has 2 heterocycles. The van der Waals surface area contributed by atoms with Crippen molar-refractivity contribution in [3.8, 4) is 5.69 Å². The zero-order valence-corrected chi connectivity index (χ0v) is 13.2. The molecule has 23 heavy (non-hydrogen) atoms. The van der Waals surface area contributed by atoms with Crippen molar-refractivity contribution in [2.45, 2.75) is 26.3 Å². The van der Waals surface area contributed by atoms with Gasteiger partial charge in [-0.2, -0.15) is 5.10 Å². The van der Waals surface area contributed by atoms with Gasteiger partial charge in [-0.1, -0.05) is 18.2 Å². The molecule has 1 amide bonds. The summed E-state index contributed by atoms with van der Waals surface area (Å²) in [6.45, 7) is 3.79. The van der Waals surface area contributed by atoms with Gasteiger partial charge in [-0.15, -0.1) is 0 Å². The fraction of sp³-hybridized carbons (Fsp3) is 0.222. The minimum atomic E-state index is -0.152. The Morgan fingerprint density at radius 3 is 2.74 bits per heavy atom. The van der Waals surface area contributed by atoms with Crippen molar-refractivity contribution in [1.82, 2.24) is 15.1 Å². The van der Waals surface area contributed by atoms with Gasteiger partial charge in [0.25, 0.3) is 0 Å². The lowest BCUT2D eigenvalue weighted by molar-refractivity contribution is -0.121. The van der Waals surface area contributed by atoms with Crippen molar-refractivity contribution >= 4 is 5.91 Å². The minimum Gasteiger partial charge on any atom is -0.464 e. The molecule has 3 aromatic rings. The Bertz CT molecular complexity index is 789. The number of para-hydroxylation sites is 1. The topological polar surface area (TPSA) is 60.1 Å². The SMILES string of the molecule is Cc1ccc(C(C)NC(=O)Cc2cnn(-c3ccccc3)c2)o1. The average Bonchev–Trinajstić information content (AvgIpc) is 3.17. The number of carbonyl (C=O) groups excluding carboxylic acids is 1.